The maximum Gasteiger partial charge on any atom is 0.335 e. The number of allylic oxidation sites excluding steroid dienone is 26. The number of aliphatic carboxylic acids is 1. The fourth-order valence-electron chi connectivity index (χ4n) is 7.64. The topological polar surface area (TPSA) is 175 Å². The fourth-order valence-corrected chi connectivity index (χ4v) is 7.64. The molecular formula is C67H100O12. The van der Waals surface area contributed by atoms with Crippen LogP contribution in [-0.4, -0.2) is 89.2 Å². The van der Waals surface area contributed by atoms with E-state index in [1.165, 1.54) is 0 Å². The van der Waals surface area contributed by atoms with Crippen molar-refractivity contribution < 1.29 is 58.2 Å². The predicted octanol–water partition coefficient (Wildman–Crippen LogP) is 15.3. The van der Waals surface area contributed by atoms with Gasteiger partial charge in [0.2, 0.25) is 0 Å². The highest BCUT2D eigenvalue weighted by Crippen LogP contribution is 2.26. The van der Waals surface area contributed by atoms with Gasteiger partial charge in [-0.3, -0.25) is 14.4 Å². The molecule has 1 aliphatic rings. The highest BCUT2D eigenvalue weighted by molar-refractivity contribution is 5.74. The van der Waals surface area contributed by atoms with Gasteiger partial charge in [-0.15, -0.1) is 0 Å². The van der Waals surface area contributed by atoms with E-state index in [9.17, 15) is 34.5 Å². The van der Waals surface area contributed by atoms with Crippen molar-refractivity contribution in [1.82, 2.24) is 0 Å². The van der Waals surface area contributed by atoms with Gasteiger partial charge in [0.15, 0.2) is 24.6 Å². The van der Waals surface area contributed by atoms with E-state index in [4.69, 9.17) is 23.7 Å². The molecule has 6 atom stereocenters. The summed E-state index contributed by atoms with van der Waals surface area (Å²) in [6.45, 7) is 5.55. The van der Waals surface area contributed by atoms with E-state index >= 15 is 0 Å². The molecule has 0 bridgehead atoms. The summed E-state index contributed by atoms with van der Waals surface area (Å²) < 4.78 is 28.2. The lowest BCUT2D eigenvalue weighted by Crippen LogP contribution is -2.61. The van der Waals surface area contributed by atoms with Crippen molar-refractivity contribution in [3.05, 3.63) is 158 Å². The molecule has 12 heteroatoms. The number of carbonyl (C=O) groups excluding carboxylic acids is 3. The number of hydrogen-bond donors (Lipinski definition) is 3. The van der Waals surface area contributed by atoms with Crippen LogP contribution in [0.3, 0.4) is 0 Å². The Kier molecular flexibility index (Phi) is 47.9. The average molecular weight is 1100 g/mol. The third kappa shape index (κ3) is 42.9. The lowest BCUT2D eigenvalue weighted by molar-refractivity contribution is -0.301. The van der Waals surface area contributed by atoms with Crippen molar-refractivity contribution in [3.8, 4) is 0 Å². The second-order valence-electron chi connectivity index (χ2n) is 19.2. The maximum absolute atomic E-state index is 13.1. The maximum atomic E-state index is 13.1. The number of unbranched alkanes of at least 4 members (excludes halogenated alkanes) is 7. The number of carboxylic acids is 1. The molecule has 440 valence electrons. The molecule has 0 amide bonds. The summed E-state index contributed by atoms with van der Waals surface area (Å²) in [5.41, 5.74) is 0. The van der Waals surface area contributed by atoms with Crippen molar-refractivity contribution in [3.63, 3.8) is 0 Å². The number of carboxylic acid groups (broad SMARTS) is 1. The van der Waals surface area contributed by atoms with Crippen LogP contribution in [0.4, 0.5) is 0 Å². The molecule has 0 aliphatic carbocycles. The normalized spacial score (nSPS) is 19.0. The first-order valence-corrected chi connectivity index (χ1v) is 29.5. The molecule has 0 aromatic rings. The van der Waals surface area contributed by atoms with E-state index in [2.05, 4.69) is 154 Å². The van der Waals surface area contributed by atoms with Crippen LogP contribution in [0.5, 0.6) is 0 Å². The molecule has 3 N–H and O–H groups in total. The Balaban J connectivity index is 2.80. The molecule has 1 saturated heterocycles. The van der Waals surface area contributed by atoms with Crippen molar-refractivity contribution in [1.29, 1.82) is 0 Å². The molecule has 1 heterocycles. The van der Waals surface area contributed by atoms with Gasteiger partial charge in [-0.1, -0.05) is 204 Å². The molecule has 79 heavy (non-hydrogen) atoms. The van der Waals surface area contributed by atoms with Crippen LogP contribution in [0.25, 0.3) is 0 Å². The zero-order valence-electron chi connectivity index (χ0n) is 48.3. The third-order valence-corrected chi connectivity index (χ3v) is 12.1. The molecular weight excluding hydrogens is 997 g/mol. The highest BCUT2D eigenvalue weighted by Gasteiger charge is 2.50. The molecule has 0 aromatic carbocycles. The quantitative estimate of drug-likeness (QED) is 0.0228. The largest absolute Gasteiger partial charge is 0.479 e. The van der Waals surface area contributed by atoms with Gasteiger partial charge in [0, 0.05) is 19.3 Å². The number of aliphatic hydroxyl groups excluding tert-OH is 2. The summed E-state index contributed by atoms with van der Waals surface area (Å²) in [6, 6.07) is 0. The molecule has 6 unspecified atom stereocenters. The summed E-state index contributed by atoms with van der Waals surface area (Å²) in [5.74, 6) is -3.36. The van der Waals surface area contributed by atoms with Gasteiger partial charge >= 0.3 is 23.9 Å². The van der Waals surface area contributed by atoms with E-state index in [0.29, 0.717) is 32.1 Å². The SMILES string of the molecule is CC/C=C\C/C=C\C/C=C\C/C=C\C/C=C\C/C=C\CCC(=O)OCC(COC1OC(C(=O)O)C(O)C(O)C1OC(=O)CCCCCCC/C=C\C/C=C\CCC)OC(=O)CCC/C=C\C/C=C\C/C=C\C/C=C\C/C=C\CC. The summed E-state index contributed by atoms with van der Waals surface area (Å²) in [5, 5.41) is 31.5. The predicted molar refractivity (Wildman–Crippen MR) is 321 cm³/mol. The van der Waals surface area contributed by atoms with Crippen molar-refractivity contribution >= 4 is 23.9 Å². The molecule has 0 spiro atoms. The fraction of sp³-hybridized carbons (Fsp3) is 0.552. The van der Waals surface area contributed by atoms with Gasteiger partial charge < -0.3 is 39.0 Å². The molecule has 1 rings (SSSR count). The van der Waals surface area contributed by atoms with Crippen molar-refractivity contribution in [2.75, 3.05) is 13.2 Å². The Labute approximate surface area is 475 Å². The monoisotopic (exact) mass is 1100 g/mol. The molecule has 1 aliphatic heterocycles. The minimum absolute atomic E-state index is 0.0206. The first-order valence-electron chi connectivity index (χ1n) is 29.5. The number of rotatable bonds is 47. The second-order valence-corrected chi connectivity index (χ2v) is 19.2. The van der Waals surface area contributed by atoms with Gasteiger partial charge in [-0.05, 0) is 122 Å². The lowest BCUT2D eigenvalue weighted by Gasteiger charge is -2.40. The van der Waals surface area contributed by atoms with Gasteiger partial charge in [-0.25, -0.2) is 4.79 Å². The summed E-state index contributed by atoms with van der Waals surface area (Å²) in [4.78, 5) is 51.1. The Morgan fingerprint density at radius 1 is 0.430 bits per heavy atom. The van der Waals surface area contributed by atoms with E-state index in [1.807, 2.05) is 24.3 Å². The smallest absolute Gasteiger partial charge is 0.335 e. The minimum atomic E-state index is -1.93. The third-order valence-electron chi connectivity index (χ3n) is 12.1. The van der Waals surface area contributed by atoms with Crippen LogP contribution in [0, 0.1) is 0 Å². The van der Waals surface area contributed by atoms with Crippen molar-refractivity contribution in [2.24, 2.45) is 0 Å². The number of hydrogen-bond acceptors (Lipinski definition) is 11. The van der Waals surface area contributed by atoms with Gasteiger partial charge in [0.05, 0.1) is 6.61 Å². The Bertz CT molecular complexity index is 1980. The van der Waals surface area contributed by atoms with Gasteiger partial charge in [0.1, 0.15) is 18.8 Å². The lowest BCUT2D eigenvalue weighted by atomic mass is 9.98. The Morgan fingerprint density at radius 3 is 1.30 bits per heavy atom. The molecule has 1 fully saturated rings. The Hall–Kier alpha value is -5.66. The van der Waals surface area contributed by atoms with E-state index in [-0.39, 0.29) is 25.9 Å². The zero-order valence-corrected chi connectivity index (χ0v) is 48.3. The molecule has 0 saturated carbocycles. The number of ether oxygens (including phenoxy) is 5. The number of carbonyl (C=O) groups is 4. The first-order chi connectivity index (χ1) is 38.6. The first kappa shape index (κ1) is 71.4. The number of aliphatic hydroxyl groups is 2. The summed E-state index contributed by atoms with van der Waals surface area (Å²) >= 11 is 0. The minimum Gasteiger partial charge on any atom is -0.479 e. The molecule has 0 radical (unpaired) electrons. The van der Waals surface area contributed by atoms with E-state index < -0.39 is 67.3 Å². The second kappa shape index (κ2) is 53.0. The average Bonchev–Trinajstić information content (AvgIpc) is 3.44. The molecule has 0 aromatic heterocycles. The van der Waals surface area contributed by atoms with Crippen LogP contribution in [0.15, 0.2) is 158 Å². The highest BCUT2D eigenvalue weighted by atomic mass is 16.7. The standard InChI is InChI=1S/C67H100O12/c1-4-7-10-13-16-19-22-25-27-29-30-32-33-36-38-41-44-47-50-53-59(68)75-56-58(77-60(69)54-51-48-45-42-40-37-34-31-28-26-23-20-17-14-11-8-5-2)57-76-67-65(63(72)62(71)64(79-67)66(73)74)78-61(70)55-52-49-46-43-39-35-24-21-18-15-12-9-6-3/h7-8,10-12,15-17,19-21,24-28,30,32,34,36-38,42,44-45,47,58,62-65,67,71-72H,4-6,9,13-14,18,22-23,29,31,33,35,39-41,43,46,48-57H2,1-3H3,(H,73,74)/b10-7-,11-8-,15-12-,19-16-,20-17-,24-21-,27-25-,28-26-,32-30-,37-34-,38-36-,45-42-,47-44-. The van der Waals surface area contributed by atoms with E-state index in [0.717, 1.165) is 116 Å². The van der Waals surface area contributed by atoms with E-state index in [1.54, 1.807) is 0 Å². The van der Waals surface area contributed by atoms with Crippen LogP contribution in [0.2, 0.25) is 0 Å². The summed E-state index contributed by atoms with van der Waals surface area (Å²) in [7, 11) is 0. The Morgan fingerprint density at radius 2 is 0.835 bits per heavy atom. The van der Waals surface area contributed by atoms with Crippen molar-refractivity contribution in [2.45, 2.75) is 225 Å². The summed E-state index contributed by atoms with van der Waals surface area (Å²) in [6.07, 6.45) is 65.2. The van der Waals surface area contributed by atoms with Crippen LogP contribution in [0.1, 0.15) is 188 Å². The number of esters is 3. The zero-order chi connectivity index (χ0) is 57.5. The van der Waals surface area contributed by atoms with Gasteiger partial charge in [0.25, 0.3) is 0 Å². The molecule has 12 nitrogen and oxygen atoms in total. The van der Waals surface area contributed by atoms with Crippen LogP contribution in [-0.2, 0) is 42.9 Å². The van der Waals surface area contributed by atoms with Gasteiger partial charge in [-0.2, -0.15) is 0 Å². The van der Waals surface area contributed by atoms with Crippen LogP contribution < -0.4 is 0 Å². The van der Waals surface area contributed by atoms with Crippen LogP contribution >= 0.6 is 0 Å².